The molecule has 0 atom stereocenters. The van der Waals surface area contributed by atoms with Gasteiger partial charge in [0.25, 0.3) is 5.91 Å². The van der Waals surface area contributed by atoms with Crippen LogP contribution in [0.25, 0.3) is 0 Å². The first-order valence-electron chi connectivity index (χ1n) is 5.01. The lowest BCUT2D eigenvalue weighted by Gasteiger charge is -2.17. The number of hydrogen-bond acceptors (Lipinski definition) is 3. The number of benzene rings is 1. The fourth-order valence-corrected chi connectivity index (χ4v) is 1.32. The lowest BCUT2D eigenvalue weighted by molar-refractivity contribution is 0.0798. The number of amides is 1. The van der Waals surface area contributed by atoms with Gasteiger partial charge in [-0.3, -0.25) is 4.79 Å². The fraction of sp³-hybridized carbons (Fsp3) is 0.364. The third kappa shape index (κ3) is 2.93. The maximum Gasteiger partial charge on any atom is 0.255 e. The molecule has 0 aliphatic heterocycles. The SMILES string of the molecule is CNCCN(C)C(=O)c1ccc(F)cc1N. The van der Waals surface area contributed by atoms with Crippen molar-refractivity contribution in [2.24, 2.45) is 0 Å². The summed E-state index contributed by atoms with van der Waals surface area (Å²) in [6, 6.07) is 3.79. The molecule has 4 nitrogen and oxygen atoms in total. The van der Waals surface area contributed by atoms with E-state index >= 15 is 0 Å². The van der Waals surface area contributed by atoms with E-state index in [1.165, 1.54) is 12.1 Å². The molecule has 0 spiro atoms. The largest absolute Gasteiger partial charge is 0.398 e. The minimum absolute atomic E-state index is 0.168. The maximum absolute atomic E-state index is 12.8. The molecular weight excluding hydrogens is 209 g/mol. The van der Waals surface area contributed by atoms with Gasteiger partial charge in [-0.05, 0) is 25.2 Å². The molecule has 1 amide bonds. The van der Waals surface area contributed by atoms with Gasteiger partial charge in [0, 0.05) is 25.8 Å². The Morgan fingerprint density at radius 1 is 1.56 bits per heavy atom. The van der Waals surface area contributed by atoms with E-state index in [1.54, 1.807) is 11.9 Å². The van der Waals surface area contributed by atoms with Crippen molar-refractivity contribution in [2.75, 3.05) is 32.9 Å². The molecule has 0 heterocycles. The summed E-state index contributed by atoms with van der Waals surface area (Å²) in [4.78, 5) is 13.4. The summed E-state index contributed by atoms with van der Waals surface area (Å²) < 4.78 is 12.8. The quantitative estimate of drug-likeness (QED) is 0.742. The average Bonchev–Trinajstić information content (AvgIpc) is 2.25. The van der Waals surface area contributed by atoms with E-state index in [1.807, 2.05) is 7.05 Å². The number of likely N-dealkylation sites (N-methyl/N-ethyl adjacent to an activating group) is 2. The molecule has 0 aliphatic carbocycles. The summed E-state index contributed by atoms with van der Waals surface area (Å²) in [6.07, 6.45) is 0. The van der Waals surface area contributed by atoms with Crippen LogP contribution in [0.4, 0.5) is 10.1 Å². The van der Waals surface area contributed by atoms with Gasteiger partial charge in [-0.15, -0.1) is 0 Å². The summed E-state index contributed by atoms with van der Waals surface area (Å²) in [6.45, 7) is 1.27. The van der Waals surface area contributed by atoms with Crippen molar-refractivity contribution in [2.45, 2.75) is 0 Å². The number of nitrogens with one attached hydrogen (secondary N) is 1. The van der Waals surface area contributed by atoms with Crippen molar-refractivity contribution in [3.63, 3.8) is 0 Å². The Hall–Kier alpha value is -1.62. The van der Waals surface area contributed by atoms with Crippen LogP contribution >= 0.6 is 0 Å². The molecule has 1 rings (SSSR count). The number of nitrogens with zero attached hydrogens (tertiary/aromatic N) is 1. The van der Waals surface area contributed by atoms with E-state index in [0.29, 0.717) is 18.7 Å². The van der Waals surface area contributed by atoms with Gasteiger partial charge >= 0.3 is 0 Å². The first kappa shape index (κ1) is 12.4. The fourth-order valence-electron chi connectivity index (χ4n) is 1.32. The van der Waals surface area contributed by atoms with Crippen LogP contribution in [0.15, 0.2) is 18.2 Å². The van der Waals surface area contributed by atoms with E-state index in [9.17, 15) is 9.18 Å². The predicted octanol–water partition coefficient (Wildman–Crippen LogP) is 0.699. The summed E-state index contributed by atoms with van der Waals surface area (Å²) in [5.41, 5.74) is 6.09. The van der Waals surface area contributed by atoms with Crippen LogP contribution in [0, 0.1) is 5.82 Å². The number of halogens is 1. The standard InChI is InChI=1S/C11H16FN3O/c1-14-5-6-15(2)11(16)9-4-3-8(12)7-10(9)13/h3-4,7,14H,5-6,13H2,1-2H3. The molecule has 0 aliphatic rings. The molecule has 0 saturated carbocycles. The van der Waals surface area contributed by atoms with E-state index in [0.717, 1.165) is 6.07 Å². The predicted molar refractivity (Wildman–Crippen MR) is 61.7 cm³/mol. The zero-order valence-corrected chi connectivity index (χ0v) is 9.46. The van der Waals surface area contributed by atoms with Gasteiger partial charge in [0.05, 0.1) is 5.56 Å². The lowest BCUT2D eigenvalue weighted by Crippen LogP contribution is -2.33. The monoisotopic (exact) mass is 225 g/mol. The van der Waals surface area contributed by atoms with Crippen LogP contribution in [-0.2, 0) is 0 Å². The van der Waals surface area contributed by atoms with Crippen LogP contribution in [0.5, 0.6) is 0 Å². The average molecular weight is 225 g/mol. The summed E-state index contributed by atoms with van der Waals surface area (Å²) >= 11 is 0. The highest BCUT2D eigenvalue weighted by Gasteiger charge is 2.14. The zero-order chi connectivity index (χ0) is 12.1. The van der Waals surface area contributed by atoms with Gasteiger partial charge in [-0.25, -0.2) is 4.39 Å². The van der Waals surface area contributed by atoms with Crippen LogP contribution < -0.4 is 11.1 Å². The number of nitrogens with two attached hydrogens (primary N) is 1. The minimum Gasteiger partial charge on any atom is -0.398 e. The highest BCUT2D eigenvalue weighted by molar-refractivity contribution is 5.98. The zero-order valence-electron chi connectivity index (χ0n) is 9.46. The molecule has 0 fully saturated rings. The Labute approximate surface area is 94.2 Å². The minimum atomic E-state index is -0.438. The van der Waals surface area contributed by atoms with Crippen molar-refractivity contribution in [1.29, 1.82) is 0 Å². The van der Waals surface area contributed by atoms with E-state index < -0.39 is 5.82 Å². The van der Waals surface area contributed by atoms with Crippen molar-refractivity contribution in [3.8, 4) is 0 Å². The third-order valence-electron chi connectivity index (χ3n) is 2.29. The maximum atomic E-state index is 12.8. The molecule has 5 heteroatoms. The highest BCUT2D eigenvalue weighted by atomic mass is 19.1. The Kier molecular flexibility index (Phi) is 4.25. The van der Waals surface area contributed by atoms with Gasteiger partial charge in [0.2, 0.25) is 0 Å². The van der Waals surface area contributed by atoms with E-state index in [4.69, 9.17) is 5.73 Å². The third-order valence-corrected chi connectivity index (χ3v) is 2.29. The molecule has 3 N–H and O–H groups in total. The second kappa shape index (κ2) is 5.46. The first-order chi connectivity index (χ1) is 7.56. The Morgan fingerprint density at radius 3 is 2.81 bits per heavy atom. The Morgan fingerprint density at radius 2 is 2.25 bits per heavy atom. The van der Waals surface area contributed by atoms with Crippen molar-refractivity contribution >= 4 is 11.6 Å². The van der Waals surface area contributed by atoms with Crippen LogP contribution in [0.1, 0.15) is 10.4 Å². The number of nitrogen functional groups attached to an aromatic ring is 1. The molecule has 16 heavy (non-hydrogen) atoms. The van der Waals surface area contributed by atoms with Crippen LogP contribution in [0.2, 0.25) is 0 Å². The molecule has 0 aromatic heterocycles. The van der Waals surface area contributed by atoms with Crippen molar-refractivity contribution in [3.05, 3.63) is 29.6 Å². The van der Waals surface area contributed by atoms with E-state index in [-0.39, 0.29) is 11.6 Å². The molecule has 0 unspecified atom stereocenters. The summed E-state index contributed by atoms with van der Waals surface area (Å²) in [5, 5.41) is 2.94. The van der Waals surface area contributed by atoms with Gasteiger partial charge in [-0.1, -0.05) is 0 Å². The highest BCUT2D eigenvalue weighted by Crippen LogP contribution is 2.14. The van der Waals surface area contributed by atoms with Gasteiger partial charge in [0.1, 0.15) is 5.82 Å². The van der Waals surface area contributed by atoms with Gasteiger partial charge in [-0.2, -0.15) is 0 Å². The number of anilines is 1. The summed E-state index contributed by atoms with van der Waals surface area (Å²) in [5.74, 6) is -0.639. The molecule has 0 bridgehead atoms. The number of rotatable bonds is 4. The lowest BCUT2D eigenvalue weighted by atomic mass is 10.1. The van der Waals surface area contributed by atoms with Crippen molar-refractivity contribution in [1.82, 2.24) is 10.2 Å². The van der Waals surface area contributed by atoms with Crippen molar-refractivity contribution < 1.29 is 9.18 Å². The molecule has 0 radical (unpaired) electrons. The summed E-state index contributed by atoms with van der Waals surface area (Å²) in [7, 11) is 3.49. The van der Waals surface area contributed by atoms with Gasteiger partial charge in [0.15, 0.2) is 0 Å². The molecule has 0 saturated heterocycles. The van der Waals surface area contributed by atoms with Gasteiger partial charge < -0.3 is 16.0 Å². The normalized spacial score (nSPS) is 10.2. The number of hydrogen-bond donors (Lipinski definition) is 2. The molecule has 1 aromatic rings. The van der Waals surface area contributed by atoms with Crippen LogP contribution in [-0.4, -0.2) is 38.0 Å². The topological polar surface area (TPSA) is 58.4 Å². The second-order valence-electron chi connectivity index (χ2n) is 3.56. The second-order valence-corrected chi connectivity index (χ2v) is 3.56. The molecular formula is C11H16FN3O. The molecule has 88 valence electrons. The Balaban J connectivity index is 2.79. The first-order valence-corrected chi connectivity index (χ1v) is 5.01. The smallest absolute Gasteiger partial charge is 0.255 e. The number of carbonyl (C=O) groups is 1. The Bertz CT molecular complexity index is 381. The van der Waals surface area contributed by atoms with Crippen LogP contribution in [0.3, 0.4) is 0 Å². The van der Waals surface area contributed by atoms with E-state index in [2.05, 4.69) is 5.32 Å². The number of carbonyl (C=O) groups excluding carboxylic acids is 1. The molecule has 1 aromatic carbocycles.